The van der Waals surface area contributed by atoms with Crippen molar-refractivity contribution in [3.05, 3.63) is 74.3 Å². The van der Waals surface area contributed by atoms with E-state index in [1.165, 1.54) is 12.1 Å². The molecule has 0 radical (unpaired) electrons. The first-order valence-corrected chi connectivity index (χ1v) is 7.20. The predicted molar refractivity (Wildman–Crippen MR) is 88.4 cm³/mol. The summed E-state index contributed by atoms with van der Waals surface area (Å²) in [5.41, 5.74) is 3.17. The highest BCUT2D eigenvalue weighted by molar-refractivity contribution is 6.00. The fourth-order valence-corrected chi connectivity index (χ4v) is 2.39. The van der Waals surface area contributed by atoms with E-state index in [1.807, 2.05) is 0 Å². The van der Waals surface area contributed by atoms with Crippen LogP contribution in [0.5, 0.6) is 0 Å². The summed E-state index contributed by atoms with van der Waals surface area (Å²) in [6.45, 7) is 0. The van der Waals surface area contributed by atoms with Gasteiger partial charge in [-0.3, -0.25) is 19.8 Å². The number of carbonyl (C=O) groups excluding carboxylic acids is 1. The van der Waals surface area contributed by atoms with E-state index < -0.39 is 34.5 Å². The zero-order valence-electron chi connectivity index (χ0n) is 12.9. The number of rotatable bonds is 2. The molecule has 1 amide bonds. The van der Waals surface area contributed by atoms with Gasteiger partial charge in [0.25, 0.3) is 5.91 Å². The van der Waals surface area contributed by atoms with Gasteiger partial charge in [-0.1, -0.05) is 18.2 Å². The number of alkyl halides is 3. The van der Waals surface area contributed by atoms with Crippen LogP contribution in [0.4, 0.5) is 18.9 Å². The Kier molecular flexibility index (Phi) is 4.03. The number of nitrogen functional groups attached to an aromatic ring is 1. The maximum absolute atomic E-state index is 13.0. The van der Waals surface area contributed by atoms with Crippen molar-refractivity contribution in [1.29, 1.82) is 0 Å². The highest BCUT2D eigenvalue weighted by Crippen LogP contribution is 2.35. The molecule has 26 heavy (non-hydrogen) atoms. The number of aromatic amines is 1. The number of fused-ring (bicyclic) bond motifs is 1. The van der Waals surface area contributed by atoms with Gasteiger partial charge in [0.1, 0.15) is 0 Å². The Morgan fingerprint density at radius 1 is 1.12 bits per heavy atom. The van der Waals surface area contributed by atoms with Crippen molar-refractivity contribution in [3.8, 4) is 0 Å². The number of aromatic nitrogens is 2. The molecule has 0 saturated heterocycles. The number of H-pyrrole nitrogens is 1. The van der Waals surface area contributed by atoms with Gasteiger partial charge in [0.2, 0.25) is 0 Å². The van der Waals surface area contributed by atoms with E-state index in [1.54, 1.807) is 18.2 Å². The average molecular weight is 364 g/mol. The Balaban J connectivity index is 2.20. The van der Waals surface area contributed by atoms with Crippen molar-refractivity contribution in [2.24, 2.45) is 0 Å². The van der Waals surface area contributed by atoms with Crippen LogP contribution < -0.4 is 22.3 Å². The minimum absolute atomic E-state index is 0.176. The summed E-state index contributed by atoms with van der Waals surface area (Å²) in [7, 11) is 0. The fourth-order valence-electron chi connectivity index (χ4n) is 2.39. The number of hydrogen-bond donors (Lipinski definition) is 3. The normalized spacial score (nSPS) is 11.5. The van der Waals surface area contributed by atoms with Crippen LogP contribution in [0.25, 0.3) is 11.0 Å². The van der Waals surface area contributed by atoms with Crippen LogP contribution in [-0.4, -0.2) is 15.6 Å². The van der Waals surface area contributed by atoms with Crippen LogP contribution in [0.2, 0.25) is 0 Å². The van der Waals surface area contributed by atoms with Crippen molar-refractivity contribution < 1.29 is 18.0 Å². The molecule has 0 unspecified atom stereocenters. The van der Waals surface area contributed by atoms with Crippen molar-refractivity contribution in [1.82, 2.24) is 9.66 Å². The van der Waals surface area contributed by atoms with Crippen molar-refractivity contribution in [3.63, 3.8) is 0 Å². The molecule has 3 rings (SSSR count). The molecule has 1 aromatic heterocycles. The van der Waals surface area contributed by atoms with Gasteiger partial charge in [-0.05, 0) is 24.3 Å². The second-order valence-corrected chi connectivity index (χ2v) is 5.36. The summed E-state index contributed by atoms with van der Waals surface area (Å²) in [6, 6.07) is 9.24. The van der Waals surface area contributed by atoms with Crippen LogP contribution in [0.15, 0.2) is 52.1 Å². The average Bonchev–Trinajstić information content (AvgIpc) is 2.59. The van der Waals surface area contributed by atoms with Gasteiger partial charge >= 0.3 is 17.3 Å². The van der Waals surface area contributed by atoms with Crippen LogP contribution in [0, 0.1) is 0 Å². The topological polar surface area (TPSA) is 110 Å². The smallest absolute Gasteiger partial charge is 0.398 e. The Morgan fingerprint density at radius 3 is 2.38 bits per heavy atom. The Hall–Kier alpha value is -3.56. The molecule has 1 heterocycles. The van der Waals surface area contributed by atoms with Crippen molar-refractivity contribution >= 4 is 22.6 Å². The van der Waals surface area contributed by atoms with E-state index in [4.69, 9.17) is 5.73 Å². The summed E-state index contributed by atoms with van der Waals surface area (Å²) in [5, 5.41) is 0. The molecule has 0 spiro atoms. The fraction of sp³-hybridized carbons (Fsp3) is 0.0625. The third-order valence-electron chi connectivity index (χ3n) is 3.61. The summed E-state index contributed by atoms with van der Waals surface area (Å²) < 4.78 is 39.5. The number of halogens is 3. The molecule has 0 saturated carbocycles. The molecule has 7 nitrogen and oxygen atoms in total. The lowest BCUT2D eigenvalue weighted by Gasteiger charge is -2.15. The van der Waals surface area contributed by atoms with E-state index in [0.29, 0.717) is 10.7 Å². The lowest BCUT2D eigenvalue weighted by atomic mass is 10.1. The van der Waals surface area contributed by atoms with Crippen LogP contribution in [-0.2, 0) is 6.18 Å². The van der Waals surface area contributed by atoms with Gasteiger partial charge in [-0.25, -0.2) is 4.68 Å². The van der Waals surface area contributed by atoms with Gasteiger partial charge in [-0.15, -0.1) is 0 Å². The monoisotopic (exact) mass is 364 g/mol. The highest BCUT2D eigenvalue weighted by atomic mass is 19.4. The number of carbonyl (C=O) groups is 1. The highest BCUT2D eigenvalue weighted by Gasteiger charge is 2.33. The summed E-state index contributed by atoms with van der Waals surface area (Å²) in [5.74, 6) is -0.724. The number of hydrogen-bond acceptors (Lipinski definition) is 4. The first kappa shape index (κ1) is 17.3. The lowest BCUT2D eigenvalue weighted by molar-refractivity contribution is -0.136. The maximum atomic E-state index is 13.0. The minimum Gasteiger partial charge on any atom is -0.398 e. The number of benzene rings is 2. The first-order valence-electron chi connectivity index (χ1n) is 7.20. The number of anilines is 1. The largest absolute Gasteiger partial charge is 0.418 e. The maximum Gasteiger partial charge on any atom is 0.418 e. The van der Waals surface area contributed by atoms with Gasteiger partial charge in [0.15, 0.2) is 0 Å². The Bertz CT molecular complexity index is 1120. The van der Waals surface area contributed by atoms with Crippen LogP contribution in [0.3, 0.4) is 0 Å². The number of nitrogens with one attached hydrogen (secondary N) is 2. The molecular weight excluding hydrogens is 353 g/mol. The summed E-state index contributed by atoms with van der Waals surface area (Å²) in [4.78, 5) is 38.1. The van der Waals surface area contributed by atoms with E-state index in [0.717, 1.165) is 6.07 Å². The molecule has 2 aromatic carbocycles. The second-order valence-electron chi connectivity index (χ2n) is 5.36. The molecule has 134 valence electrons. The molecule has 0 aliphatic rings. The third kappa shape index (κ3) is 3.04. The van der Waals surface area contributed by atoms with Gasteiger partial charge in [0.05, 0.1) is 16.6 Å². The molecule has 0 aliphatic carbocycles. The quantitative estimate of drug-likeness (QED) is 0.475. The minimum atomic E-state index is -4.75. The molecule has 0 atom stereocenters. The molecular formula is C16H11F3N4O3. The standard InChI is InChI=1S/C16H11F3N4O3/c17-16(18,19)9-6-11-12(7-10(9)20)23(15(26)14(25)21-11)22-13(24)8-4-2-1-3-5-8/h1-7H,20H2,(H,21,25)(H,22,24). The Labute approximate surface area is 142 Å². The molecule has 0 aliphatic heterocycles. The summed E-state index contributed by atoms with van der Waals surface area (Å²) >= 11 is 0. The number of nitrogens with two attached hydrogens (primary N) is 1. The van der Waals surface area contributed by atoms with E-state index in [9.17, 15) is 27.6 Å². The number of nitrogens with zero attached hydrogens (tertiary/aromatic N) is 1. The molecule has 4 N–H and O–H groups in total. The zero-order valence-corrected chi connectivity index (χ0v) is 12.9. The van der Waals surface area contributed by atoms with Crippen molar-refractivity contribution in [2.75, 3.05) is 11.2 Å². The number of amides is 1. The first-order chi connectivity index (χ1) is 12.2. The van der Waals surface area contributed by atoms with Gasteiger partial charge in [0, 0.05) is 11.3 Å². The predicted octanol–water partition coefficient (Wildman–Crippen LogP) is 1.67. The molecule has 10 heteroatoms. The van der Waals surface area contributed by atoms with E-state index >= 15 is 0 Å². The van der Waals surface area contributed by atoms with Gasteiger partial charge < -0.3 is 10.7 Å². The lowest BCUT2D eigenvalue weighted by Crippen LogP contribution is -2.42. The zero-order chi connectivity index (χ0) is 19.1. The molecule has 0 bridgehead atoms. The third-order valence-corrected chi connectivity index (χ3v) is 3.61. The van der Waals surface area contributed by atoms with E-state index in [2.05, 4.69) is 10.4 Å². The second kappa shape index (κ2) is 6.06. The van der Waals surface area contributed by atoms with Gasteiger partial charge in [-0.2, -0.15) is 13.2 Å². The molecule has 0 fully saturated rings. The van der Waals surface area contributed by atoms with Crippen LogP contribution in [0.1, 0.15) is 15.9 Å². The molecule has 3 aromatic rings. The Morgan fingerprint density at radius 2 is 1.77 bits per heavy atom. The van der Waals surface area contributed by atoms with E-state index in [-0.39, 0.29) is 16.6 Å². The van der Waals surface area contributed by atoms with Crippen LogP contribution >= 0.6 is 0 Å². The SMILES string of the molecule is Nc1cc2c(cc1C(F)(F)F)[nH]c(=O)c(=O)n2NC(=O)c1ccccc1. The summed E-state index contributed by atoms with van der Waals surface area (Å²) in [6.07, 6.45) is -4.75. The van der Waals surface area contributed by atoms with Crippen molar-refractivity contribution in [2.45, 2.75) is 6.18 Å².